The summed E-state index contributed by atoms with van der Waals surface area (Å²) < 4.78 is 0. The molecule has 0 atom stereocenters. The highest BCUT2D eigenvalue weighted by molar-refractivity contribution is 5.77. The number of amides is 1. The summed E-state index contributed by atoms with van der Waals surface area (Å²) in [5.41, 5.74) is 2.25. The highest BCUT2D eigenvalue weighted by atomic mass is 16.2. The van der Waals surface area contributed by atoms with Gasteiger partial charge in [-0.05, 0) is 29.9 Å². The normalized spacial score (nSPS) is 20.8. The van der Waals surface area contributed by atoms with Crippen molar-refractivity contribution < 1.29 is 9.69 Å². The van der Waals surface area contributed by atoms with Crippen LogP contribution in [0.2, 0.25) is 0 Å². The summed E-state index contributed by atoms with van der Waals surface area (Å²) in [6.45, 7) is 5.09. The van der Waals surface area contributed by atoms with E-state index in [2.05, 4.69) is 36.5 Å². The van der Waals surface area contributed by atoms with Gasteiger partial charge in [-0.1, -0.05) is 67.6 Å². The van der Waals surface area contributed by atoms with Crippen LogP contribution < -0.4 is 10.2 Å². The van der Waals surface area contributed by atoms with E-state index in [-0.39, 0.29) is 11.9 Å². The van der Waals surface area contributed by atoms with Gasteiger partial charge in [-0.15, -0.1) is 0 Å². The Balaban J connectivity index is 1.69. The first kappa shape index (κ1) is 16.7. The molecule has 1 fully saturated rings. The molecule has 1 heterocycles. The lowest BCUT2D eigenvalue weighted by molar-refractivity contribution is -0.898. The molecule has 2 aromatic carbocycles. The maximum atomic E-state index is 12.6. The van der Waals surface area contributed by atoms with Gasteiger partial charge in [-0.25, -0.2) is 0 Å². The van der Waals surface area contributed by atoms with Gasteiger partial charge in [0.05, 0.1) is 19.1 Å². The fourth-order valence-corrected chi connectivity index (χ4v) is 3.44. The molecule has 2 N–H and O–H groups in total. The molecule has 1 aliphatic heterocycles. The zero-order chi connectivity index (χ0) is 16.8. The number of nitrogens with one attached hydrogen (secondary N) is 2. The van der Waals surface area contributed by atoms with Crippen LogP contribution in [0.1, 0.15) is 36.9 Å². The number of carbonyl (C=O) groups is 1. The molecule has 3 nitrogen and oxygen atoms in total. The predicted molar refractivity (Wildman–Crippen MR) is 96.8 cm³/mol. The van der Waals surface area contributed by atoms with Crippen LogP contribution >= 0.6 is 0 Å². The molecule has 0 bridgehead atoms. The van der Waals surface area contributed by atoms with Crippen molar-refractivity contribution in [1.82, 2.24) is 5.32 Å². The van der Waals surface area contributed by atoms with Crippen molar-refractivity contribution in [2.75, 3.05) is 19.6 Å². The van der Waals surface area contributed by atoms with Gasteiger partial charge in [0.25, 0.3) is 5.91 Å². The Morgan fingerprint density at radius 2 is 1.50 bits per heavy atom. The summed E-state index contributed by atoms with van der Waals surface area (Å²) >= 11 is 0. The molecule has 24 heavy (non-hydrogen) atoms. The summed E-state index contributed by atoms with van der Waals surface area (Å²) in [4.78, 5) is 14.0. The smallest absolute Gasteiger partial charge is 0.275 e. The molecule has 0 aromatic heterocycles. The number of benzene rings is 2. The van der Waals surface area contributed by atoms with E-state index in [1.54, 1.807) is 0 Å². The third-order valence-electron chi connectivity index (χ3n) is 4.96. The molecule has 0 spiro atoms. The molecule has 3 heteroatoms. The number of piperidine rings is 1. The number of hydrogen-bond acceptors (Lipinski definition) is 1. The van der Waals surface area contributed by atoms with Crippen LogP contribution in [0.25, 0.3) is 0 Å². The average molecular weight is 323 g/mol. The highest BCUT2D eigenvalue weighted by Gasteiger charge is 2.23. The van der Waals surface area contributed by atoms with Crippen LogP contribution in [-0.4, -0.2) is 25.5 Å². The molecule has 1 amide bonds. The molecule has 0 radical (unpaired) electrons. The average Bonchev–Trinajstić information content (AvgIpc) is 2.63. The minimum absolute atomic E-state index is 0.0805. The topological polar surface area (TPSA) is 33.5 Å². The molecule has 2 aromatic rings. The zero-order valence-electron chi connectivity index (χ0n) is 14.4. The number of quaternary nitrogens is 1. The number of hydrogen-bond donors (Lipinski definition) is 2. The highest BCUT2D eigenvalue weighted by Crippen LogP contribution is 2.21. The van der Waals surface area contributed by atoms with Crippen LogP contribution in [0.5, 0.6) is 0 Å². The second-order valence-corrected chi connectivity index (χ2v) is 6.93. The fourth-order valence-electron chi connectivity index (χ4n) is 3.44. The first-order valence-electron chi connectivity index (χ1n) is 8.95. The van der Waals surface area contributed by atoms with E-state index >= 15 is 0 Å². The number of likely N-dealkylation sites (tertiary alicyclic amines) is 1. The van der Waals surface area contributed by atoms with Crippen LogP contribution in [0.4, 0.5) is 0 Å². The lowest BCUT2D eigenvalue weighted by atomic mass is 9.98. The molecular weight excluding hydrogens is 296 g/mol. The Kier molecular flexibility index (Phi) is 5.65. The van der Waals surface area contributed by atoms with Crippen LogP contribution in [0.15, 0.2) is 60.7 Å². The monoisotopic (exact) mass is 323 g/mol. The molecule has 1 saturated heterocycles. The van der Waals surface area contributed by atoms with Crippen molar-refractivity contribution in [3.05, 3.63) is 71.8 Å². The number of carbonyl (C=O) groups excluding carboxylic acids is 1. The summed E-state index contributed by atoms with van der Waals surface area (Å²) in [6, 6.07) is 20.3. The third-order valence-corrected chi connectivity index (χ3v) is 4.96. The molecule has 0 aliphatic carbocycles. The predicted octanol–water partition coefficient (Wildman–Crippen LogP) is 2.21. The van der Waals surface area contributed by atoms with Crippen molar-refractivity contribution in [3.63, 3.8) is 0 Å². The summed E-state index contributed by atoms with van der Waals surface area (Å²) in [5, 5.41) is 3.25. The fraction of sp³-hybridized carbons (Fsp3) is 0.381. The quantitative estimate of drug-likeness (QED) is 0.869. The van der Waals surface area contributed by atoms with Crippen LogP contribution in [0, 0.1) is 5.92 Å². The largest absolute Gasteiger partial charge is 0.340 e. The van der Waals surface area contributed by atoms with E-state index in [0.717, 1.165) is 30.1 Å². The second kappa shape index (κ2) is 8.11. The van der Waals surface area contributed by atoms with E-state index in [9.17, 15) is 4.79 Å². The van der Waals surface area contributed by atoms with Gasteiger partial charge in [0.15, 0.2) is 6.54 Å². The molecule has 0 saturated carbocycles. The summed E-state index contributed by atoms with van der Waals surface area (Å²) in [6.07, 6.45) is 2.45. The van der Waals surface area contributed by atoms with Crippen molar-refractivity contribution >= 4 is 5.91 Å². The lowest BCUT2D eigenvalue weighted by Crippen LogP contribution is -3.14. The lowest BCUT2D eigenvalue weighted by Gasteiger charge is -2.27. The Morgan fingerprint density at radius 3 is 2.00 bits per heavy atom. The first-order chi connectivity index (χ1) is 11.7. The molecule has 1 aliphatic rings. The minimum Gasteiger partial charge on any atom is -0.340 e. The van der Waals surface area contributed by atoms with Crippen molar-refractivity contribution in [3.8, 4) is 0 Å². The van der Waals surface area contributed by atoms with E-state index in [1.165, 1.54) is 17.7 Å². The second-order valence-electron chi connectivity index (χ2n) is 6.93. The van der Waals surface area contributed by atoms with Gasteiger partial charge in [-0.3, -0.25) is 4.79 Å². The third kappa shape index (κ3) is 4.45. The Bertz CT molecular complexity index is 594. The molecule has 3 rings (SSSR count). The van der Waals surface area contributed by atoms with Gasteiger partial charge in [0, 0.05) is 0 Å². The van der Waals surface area contributed by atoms with Gasteiger partial charge in [0.1, 0.15) is 0 Å². The summed E-state index contributed by atoms with van der Waals surface area (Å²) in [7, 11) is 0. The van der Waals surface area contributed by atoms with Crippen molar-refractivity contribution in [2.45, 2.75) is 25.8 Å². The van der Waals surface area contributed by atoms with Gasteiger partial charge in [-0.2, -0.15) is 0 Å². The minimum atomic E-state index is -0.0805. The maximum absolute atomic E-state index is 12.6. The standard InChI is InChI=1S/C21H26N2O/c1-17-12-14-23(15-13-17)16-20(24)22-21(18-8-4-2-5-9-18)19-10-6-3-7-11-19/h2-11,17,21H,12-16H2,1H3,(H,22,24)/p+1. The first-order valence-corrected chi connectivity index (χ1v) is 8.95. The van der Waals surface area contributed by atoms with E-state index in [0.29, 0.717) is 6.54 Å². The van der Waals surface area contributed by atoms with Gasteiger partial charge >= 0.3 is 0 Å². The summed E-state index contributed by atoms with van der Waals surface area (Å²) in [5.74, 6) is 0.940. The van der Waals surface area contributed by atoms with Crippen molar-refractivity contribution in [2.24, 2.45) is 5.92 Å². The van der Waals surface area contributed by atoms with Gasteiger partial charge in [0.2, 0.25) is 0 Å². The Hall–Kier alpha value is -2.13. The van der Waals surface area contributed by atoms with Crippen LogP contribution in [-0.2, 0) is 4.79 Å². The van der Waals surface area contributed by atoms with Crippen molar-refractivity contribution in [1.29, 1.82) is 0 Å². The Morgan fingerprint density at radius 1 is 1.00 bits per heavy atom. The SMILES string of the molecule is CC1CC[NH+](CC(=O)NC(c2ccccc2)c2ccccc2)CC1. The molecule has 0 unspecified atom stereocenters. The Labute approximate surface area is 144 Å². The number of rotatable bonds is 5. The van der Waals surface area contributed by atoms with E-state index < -0.39 is 0 Å². The van der Waals surface area contributed by atoms with E-state index in [1.807, 2.05) is 36.4 Å². The zero-order valence-corrected chi connectivity index (χ0v) is 14.4. The van der Waals surface area contributed by atoms with E-state index in [4.69, 9.17) is 0 Å². The molecule has 126 valence electrons. The van der Waals surface area contributed by atoms with Gasteiger partial charge < -0.3 is 10.2 Å². The van der Waals surface area contributed by atoms with Crippen LogP contribution in [0.3, 0.4) is 0 Å². The molecular formula is C21H27N2O+. The maximum Gasteiger partial charge on any atom is 0.275 e.